The van der Waals surface area contributed by atoms with Gasteiger partial charge in [0, 0.05) is 25.7 Å². The number of rotatable bonds is 88. The molecule has 0 aliphatic rings. The summed E-state index contributed by atoms with van der Waals surface area (Å²) in [5.41, 5.74) is 0. The molecule has 0 saturated carbocycles. The van der Waals surface area contributed by atoms with Crippen molar-refractivity contribution in [1.29, 1.82) is 0 Å². The van der Waals surface area contributed by atoms with Crippen LogP contribution in [0.1, 0.15) is 479 Å². The summed E-state index contributed by atoms with van der Waals surface area (Å²) in [6.45, 7) is 12.1. The van der Waals surface area contributed by atoms with Gasteiger partial charge in [0.25, 0.3) is 0 Å². The van der Waals surface area contributed by atoms with Crippen molar-refractivity contribution in [1.82, 2.24) is 0 Å². The fourth-order valence-corrected chi connectivity index (χ4v) is 15.6. The Hall–Kier alpha value is -1.94. The van der Waals surface area contributed by atoms with Gasteiger partial charge in [-0.15, -0.1) is 0 Å². The molecule has 3 unspecified atom stereocenters. The van der Waals surface area contributed by atoms with Gasteiger partial charge in [-0.3, -0.25) is 37.3 Å². The van der Waals surface area contributed by atoms with E-state index in [0.717, 1.165) is 108 Å². The fourth-order valence-electron chi connectivity index (χ4n) is 14.0. The molecule has 19 heteroatoms. The zero-order chi connectivity index (χ0) is 80.0. The number of phosphoric acid groups is 2. The van der Waals surface area contributed by atoms with Gasteiger partial charge in [0.1, 0.15) is 19.3 Å². The van der Waals surface area contributed by atoms with Gasteiger partial charge in [-0.05, 0) is 43.4 Å². The average Bonchev–Trinajstić information content (AvgIpc) is 0.897. The Bertz CT molecular complexity index is 2100. The van der Waals surface area contributed by atoms with Crippen LogP contribution in [-0.4, -0.2) is 96.7 Å². The summed E-state index contributed by atoms with van der Waals surface area (Å²) >= 11 is 0. The van der Waals surface area contributed by atoms with Gasteiger partial charge in [-0.2, -0.15) is 0 Å². The van der Waals surface area contributed by atoms with Crippen LogP contribution in [0.3, 0.4) is 0 Å². The van der Waals surface area contributed by atoms with Gasteiger partial charge in [0.2, 0.25) is 0 Å². The number of phosphoric ester groups is 2. The smallest absolute Gasteiger partial charge is 0.462 e. The Labute approximate surface area is 670 Å². The van der Waals surface area contributed by atoms with Crippen molar-refractivity contribution in [3.63, 3.8) is 0 Å². The van der Waals surface area contributed by atoms with Crippen LogP contribution in [0.2, 0.25) is 0 Å². The molecule has 0 spiro atoms. The SMILES string of the molecule is CCCCCCCCCCCCC(=O)OC[C@H](COP(=O)(O)OC[C@H](O)COP(=O)(O)OC[C@@H](COC(=O)CCCCCCCCCCCCCCCCCCC(C)C)OC(=O)CCCCCCCCCCCCCCCCCCCCC(C)CC)OC(=O)CCCCCCCCCCCCCCCCCC(C)C. The third-order valence-corrected chi connectivity index (χ3v) is 23.4. The van der Waals surface area contributed by atoms with Crippen LogP contribution in [-0.2, 0) is 65.4 Å². The number of carbonyl (C=O) groups excluding carboxylic acids is 4. The number of esters is 4. The van der Waals surface area contributed by atoms with E-state index in [1.807, 2.05) is 0 Å². The maximum atomic E-state index is 13.2. The molecule has 6 atom stereocenters. The van der Waals surface area contributed by atoms with Gasteiger partial charge < -0.3 is 33.8 Å². The quantitative estimate of drug-likeness (QED) is 0.0222. The molecule has 0 aromatic rings. The van der Waals surface area contributed by atoms with E-state index in [0.29, 0.717) is 25.7 Å². The van der Waals surface area contributed by atoms with Gasteiger partial charge >= 0.3 is 39.5 Å². The standard InChI is InChI=1S/C90H176O17P2/c1-8-10-11-12-13-14-43-50-57-64-71-87(92)100-77-85(106-89(94)74-67-60-53-46-39-33-27-21-23-29-35-41-48-55-62-69-82(5)6)79-104-108(96,97)102-75-84(91)76-103-109(98,99)105-80-86(78-101-88(93)72-65-58-51-44-37-31-25-20-19-22-28-34-40-47-54-61-68-81(3)4)107-90(95)73-66-59-52-45-38-32-26-18-16-15-17-24-30-36-42-49-56-63-70-83(7)9-2/h81-86,91H,8-80H2,1-7H3,(H,96,97)(H,98,99)/t83?,84-,85+,86+/m0/s1. The van der Waals surface area contributed by atoms with Gasteiger partial charge in [-0.25, -0.2) is 9.13 Å². The maximum Gasteiger partial charge on any atom is 0.472 e. The molecule has 0 aromatic heterocycles. The van der Waals surface area contributed by atoms with Crippen LogP contribution in [0.25, 0.3) is 0 Å². The van der Waals surface area contributed by atoms with Crippen molar-refractivity contribution in [2.24, 2.45) is 17.8 Å². The van der Waals surface area contributed by atoms with E-state index in [1.54, 1.807) is 0 Å². The minimum atomic E-state index is -4.97. The zero-order valence-electron chi connectivity index (χ0n) is 72.0. The minimum absolute atomic E-state index is 0.108. The van der Waals surface area contributed by atoms with E-state index in [-0.39, 0.29) is 25.7 Å². The summed E-state index contributed by atoms with van der Waals surface area (Å²) in [5.74, 6) is 0.387. The van der Waals surface area contributed by atoms with Crippen LogP contribution in [0, 0.1) is 17.8 Å². The summed E-state index contributed by atoms with van der Waals surface area (Å²) in [6, 6.07) is 0. The van der Waals surface area contributed by atoms with Crippen molar-refractivity contribution in [2.45, 2.75) is 497 Å². The normalized spacial score (nSPS) is 14.1. The van der Waals surface area contributed by atoms with Crippen molar-refractivity contribution in [3.05, 3.63) is 0 Å². The van der Waals surface area contributed by atoms with Gasteiger partial charge in [0.15, 0.2) is 12.2 Å². The molecule has 0 bridgehead atoms. The molecule has 0 rings (SSSR count). The van der Waals surface area contributed by atoms with E-state index >= 15 is 0 Å². The molecule has 0 saturated heterocycles. The van der Waals surface area contributed by atoms with Gasteiger partial charge in [0.05, 0.1) is 26.4 Å². The Balaban J connectivity index is 5.22. The first-order valence-electron chi connectivity index (χ1n) is 46.4. The molecule has 0 aliphatic carbocycles. The van der Waals surface area contributed by atoms with Crippen LogP contribution < -0.4 is 0 Å². The topological polar surface area (TPSA) is 237 Å². The number of unbranched alkanes of at least 4 members (excludes halogenated alkanes) is 55. The molecule has 0 fully saturated rings. The van der Waals surface area contributed by atoms with E-state index in [2.05, 4.69) is 48.5 Å². The predicted octanol–water partition coefficient (Wildman–Crippen LogP) is 27.6. The summed E-state index contributed by atoms with van der Waals surface area (Å²) in [4.78, 5) is 73.3. The average molecular weight is 1590 g/mol. The lowest BCUT2D eigenvalue weighted by molar-refractivity contribution is -0.161. The third kappa shape index (κ3) is 82.4. The Kier molecular flexibility index (Phi) is 78.5. The highest BCUT2D eigenvalue weighted by Gasteiger charge is 2.31. The van der Waals surface area contributed by atoms with E-state index < -0.39 is 97.5 Å². The molecule has 0 radical (unpaired) electrons. The number of hydrogen-bond acceptors (Lipinski definition) is 15. The number of carbonyl (C=O) groups is 4. The van der Waals surface area contributed by atoms with E-state index in [4.69, 9.17) is 37.0 Å². The Morgan fingerprint density at radius 1 is 0.266 bits per heavy atom. The van der Waals surface area contributed by atoms with Crippen LogP contribution in [0.5, 0.6) is 0 Å². The summed E-state index contributed by atoms with van der Waals surface area (Å²) < 4.78 is 69.0. The molecule has 0 heterocycles. The highest BCUT2D eigenvalue weighted by Crippen LogP contribution is 2.45. The molecule has 3 N–H and O–H groups in total. The summed E-state index contributed by atoms with van der Waals surface area (Å²) in [6.07, 6.45) is 72.2. The number of hydrogen-bond donors (Lipinski definition) is 3. The second-order valence-electron chi connectivity index (χ2n) is 33.5. The number of aliphatic hydroxyl groups is 1. The van der Waals surface area contributed by atoms with Crippen LogP contribution >= 0.6 is 15.6 Å². The molecule has 109 heavy (non-hydrogen) atoms. The van der Waals surface area contributed by atoms with Crippen molar-refractivity contribution in [2.75, 3.05) is 39.6 Å². The first-order valence-corrected chi connectivity index (χ1v) is 49.4. The fraction of sp³-hybridized carbons (Fsp3) is 0.956. The van der Waals surface area contributed by atoms with Gasteiger partial charge in [-0.1, -0.05) is 427 Å². The third-order valence-electron chi connectivity index (χ3n) is 21.5. The predicted molar refractivity (Wildman–Crippen MR) is 451 cm³/mol. The van der Waals surface area contributed by atoms with Crippen molar-refractivity contribution < 1.29 is 80.2 Å². The largest absolute Gasteiger partial charge is 0.472 e. The number of aliphatic hydroxyl groups excluding tert-OH is 1. The van der Waals surface area contributed by atoms with E-state index in [1.165, 1.54) is 289 Å². The second-order valence-corrected chi connectivity index (χ2v) is 36.4. The lowest BCUT2D eigenvalue weighted by Gasteiger charge is -2.21. The molecule has 17 nitrogen and oxygen atoms in total. The number of ether oxygens (including phenoxy) is 4. The maximum absolute atomic E-state index is 13.2. The molecule has 648 valence electrons. The van der Waals surface area contributed by atoms with E-state index in [9.17, 15) is 43.2 Å². The Morgan fingerprint density at radius 3 is 0.697 bits per heavy atom. The first kappa shape index (κ1) is 107. The van der Waals surface area contributed by atoms with Crippen molar-refractivity contribution in [3.8, 4) is 0 Å². The summed E-state index contributed by atoms with van der Waals surface area (Å²) in [7, 11) is -9.93. The highest BCUT2D eigenvalue weighted by atomic mass is 31.2. The first-order chi connectivity index (χ1) is 52.8. The Morgan fingerprint density at radius 2 is 0.468 bits per heavy atom. The highest BCUT2D eigenvalue weighted by molar-refractivity contribution is 7.47. The van der Waals surface area contributed by atoms with Crippen LogP contribution in [0.15, 0.2) is 0 Å². The summed E-state index contributed by atoms with van der Waals surface area (Å²) in [5, 5.41) is 10.7. The minimum Gasteiger partial charge on any atom is -0.462 e. The monoisotopic (exact) mass is 1590 g/mol. The lowest BCUT2D eigenvalue weighted by Crippen LogP contribution is -2.30. The molecular formula is C90H176O17P2. The molecule has 0 aliphatic heterocycles. The second kappa shape index (κ2) is 79.9. The molecule has 0 aromatic carbocycles. The molecule has 0 amide bonds. The zero-order valence-corrected chi connectivity index (χ0v) is 73.8. The lowest BCUT2D eigenvalue weighted by atomic mass is 9.99. The molecular weight excluding hydrogens is 1410 g/mol. The van der Waals surface area contributed by atoms with Crippen LogP contribution in [0.4, 0.5) is 0 Å². The van der Waals surface area contributed by atoms with Crippen molar-refractivity contribution >= 4 is 39.5 Å².